The highest BCUT2D eigenvalue weighted by Gasteiger charge is 2.48. The zero-order chi connectivity index (χ0) is 15.3. The van der Waals surface area contributed by atoms with E-state index >= 15 is 0 Å². The average molecular weight is 305 g/mol. The van der Waals surface area contributed by atoms with Gasteiger partial charge in [0.15, 0.2) is 0 Å². The van der Waals surface area contributed by atoms with Gasteiger partial charge in [0.25, 0.3) is 5.91 Å². The van der Waals surface area contributed by atoms with E-state index in [2.05, 4.69) is 10.6 Å². The van der Waals surface area contributed by atoms with Crippen molar-refractivity contribution in [2.24, 2.45) is 17.8 Å². The fraction of sp³-hybridized carbons (Fsp3) is 0.812. The topological polar surface area (TPSA) is 78.5 Å². The van der Waals surface area contributed by atoms with E-state index in [1.807, 2.05) is 4.90 Å². The van der Waals surface area contributed by atoms with Gasteiger partial charge in [-0.15, -0.1) is 0 Å². The number of rotatable bonds is 2. The van der Waals surface area contributed by atoms with E-state index in [1.54, 1.807) is 0 Å². The summed E-state index contributed by atoms with van der Waals surface area (Å²) < 4.78 is 0. The number of likely N-dealkylation sites (tertiary alicyclic amines) is 1. The van der Waals surface area contributed by atoms with Crippen molar-refractivity contribution in [2.45, 2.75) is 50.5 Å². The molecule has 6 heteroatoms. The van der Waals surface area contributed by atoms with E-state index < -0.39 is 11.6 Å². The monoisotopic (exact) mass is 305 g/mol. The van der Waals surface area contributed by atoms with Gasteiger partial charge in [-0.05, 0) is 49.9 Å². The maximum absolute atomic E-state index is 12.5. The Bertz CT molecular complexity index is 525. The Hall–Kier alpha value is -1.59. The molecule has 120 valence electrons. The summed E-state index contributed by atoms with van der Waals surface area (Å²) >= 11 is 0. The normalized spacial score (nSPS) is 35.8. The summed E-state index contributed by atoms with van der Waals surface area (Å²) in [6, 6.07) is -0.410. The van der Waals surface area contributed by atoms with Gasteiger partial charge < -0.3 is 10.2 Å². The third kappa shape index (κ3) is 2.20. The minimum Gasteiger partial charge on any atom is -0.342 e. The number of nitrogens with one attached hydrogen (secondary N) is 2. The van der Waals surface area contributed by atoms with Gasteiger partial charge in [-0.2, -0.15) is 0 Å². The number of nitrogens with zero attached hydrogens (tertiary/aromatic N) is 1. The van der Waals surface area contributed by atoms with Gasteiger partial charge in [0, 0.05) is 19.5 Å². The minimum absolute atomic E-state index is 0.233. The highest BCUT2D eigenvalue weighted by Crippen LogP contribution is 2.49. The van der Waals surface area contributed by atoms with Crippen LogP contribution in [0.25, 0.3) is 0 Å². The molecular weight excluding hydrogens is 282 g/mol. The predicted octanol–water partition coefficient (Wildman–Crippen LogP) is 1.01. The lowest BCUT2D eigenvalue weighted by Crippen LogP contribution is -2.55. The number of imide groups is 1. The summed E-state index contributed by atoms with van der Waals surface area (Å²) in [5.41, 5.74) is -0.777. The first-order valence-electron chi connectivity index (χ1n) is 8.47. The number of amides is 4. The molecule has 2 aliphatic heterocycles. The molecule has 22 heavy (non-hydrogen) atoms. The molecule has 3 atom stereocenters. The molecule has 4 aliphatic rings. The first-order chi connectivity index (χ1) is 10.6. The summed E-state index contributed by atoms with van der Waals surface area (Å²) in [6.07, 6.45) is 6.93. The summed E-state index contributed by atoms with van der Waals surface area (Å²) in [5, 5.41) is 5.04. The van der Waals surface area contributed by atoms with Crippen LogP contribution >= 0.6 is 0 Å². The zero-order valence-electron chi connectivity index (χ0n) is 12.8. The smallest absolute Gasteiger partial charge is 0.322 e. The number of hydrogen-bond donors (Lipinski definition) is 2. The highest BCUT2D eigenvalue weighted by atomic mass is 16.2. The second-order valence-electron chi connectivity index (χ2n) is 7.51. The Morgan fingerprint density at radius 2 is 1.95 bits per heavy atom. The van der Waals surface area contributed by atoms with E-state index in [0.29, 0.717) is 38.3 Å². The summed E-state index contributed by atoms with van der Waals surface area (Å²) in [7, 11) is 0. The number of carbonyl (C=O) groups is 3. The predicted molar refractivity (Wildman–Crippen MR) is 78.8 cm³/mol. The van der Waals surface area contributed by atoms with Gasteiger partial charge >= 0.3 is 6.03 Å². The molecular formula is C16H23N3O3. The molecule has 2 bridgehead atoms. The van der Waals surface area contributed by atoms with Crippen LogP contribution < -0.4 is 10.6 Å². The van der Waals surface area contributed by atoms with Crippen molar-refractivity contribution in [3.05, 3.63) is 0 Å². The first kappa shape index (κ1) is 14.0. The maximum atomic E-state index is 12.5. The molecule has 0 unspecified atom stereocenters. The number of urea groups is 1. The van der Waals surface area contributed by atoms with Crippen molar-refractivity contribution in [3.63, 3.8) is 0 Å². The van der Waals surface area contributed by atoms with E-state index in [1.165, 1.54) is 25.7 Å². The molecule has 2 heterocycles. The Kier molecular flexibility index (Phi) is 3.16. The molecule has 2 N–H and O–H groups in total. The molecule has 6 nitrogen and oxygen atoms in total. The first-order valence-corrected chi connectivity index (χ1v) is 8.47. The van der Waals surface area contributed by atoms with E-state index in [4.69, 9.17) is 0 Å². The summed E-state index contributed by atoms with van der Waals surface area (Å²) in [6.45, 7) is 1.13. The van der Waals surface area contributed by atoms with Crippen molar-refractivity contribution in [1.82, 2.24) is 15.5 Å². The van der Waals surface area contributed by atoms with Crippen LogP contribution in [0.2, 0.25) is 0 Å². The summed E-state index contributed by atoms with van der Waals surface area (Å²) in [5.74, 6) is 2.21. The fourth-order valence-electron chi connectivity index (χ4n) is 5.00. The molecule has 2 saturated carbocycles. The van der Waals surface area contributed by atoms with Crippen LogP contribution in [0.1, 0.15) is 44.9 Å². The van der Waals surface area contributed by atoms with Crippen molar-refractivity contribution in [1.29, 1.82) is 0 Å². The van der Waals surface area contributed by atoms with Gasteiger partial charge in [-0.25, -0.2) is 4.79 Å². The number of hydrogen-bond acceptors (Lipinski definition) is 3. The van der Waals surface area contributed by atoms with E-state index in [9.17, 15) is 14.4 Å². The fourth-order valence-corrected chi connectivity index (χ4v) is 5.00. The van der Waals surface area contributed by atoms with Gasteiger partial charge in [-0.3, -0.25) is 14.9 Å². The molecule has 1 spiro atoms. The third-order valence-corrected chi connectivity index (χ3v) is 6.31. The second kappa shape index (κ2) is 4.96. The Morgan fingerprint density at radius 3 is 2.50 bits per heavy atom. The van der Waals surface area contributed by atoms with Gasteiger partial charge in [0.2, 0.25) is 5.91 Å². The standard InChI is InChI=1S/C16H23N3O3/c20-13(9-12-8-10-1-2-11(12)7-10)19-5-3-16(4-6-19)14(21)17-15(22)18-16/h10-12H,1-9H2,(H2,17,18,21,22)/t10-,11-,12-/m1/s1. The highest BCUT2D eigenvalue weighted by molar-refractivity contribution is 6.07. The molecule has 0 aromatic rings. The Balaban J connectivity index is 1.33. The van der Waals surface area contributed by atoms with Gasteiger partial charge in [0.05, 0.1) is 0 Å². The van der Waals surface area contributed by atoms with Crippen molar-refractivity contribution < 1.29 is 14.4 Å². The number of piperidine rings is 1. The second-order valence-corrected chi connectivity index (χ2v) is 7.51. The van der Waals surface area contributed by atoms with Gasteiger partial charge in [-0.1, -0.05) is 6.42 Å². The largest absolute Gasteiger partial charge is 0.342 e. The van der Waals surface area contributed by atoms with E-state index in [0.717, 1.165) is 11.8 Å². The lowest BCUT2D eigenvalue weighted by atomic mass is 9.84. The quantitative estimate of drug-likeness (QED) is 0.748. The molecule has 4 rings (SSSR count). The van der Waals surface area contributed by atoms with Crippen LogP contribution in [0.4, 0.5) is 4.79 Å². The van der Waals surface area contributed by atoms with Crippen LogP contribution in [0.5, 0.6) is 0 Å². The van der Waals surface area contributed by atoms with Crippen LogP contribution in [0.15, 0.2) is 0 Å². The molecule has 0 aromatic heterocycles. The van der Waals surface area contributed by atoms with Gasteiger partial charge in [0.1, 0.15) is 5.54 Å². The number of fused-ring (bicyclic) bond motifs is 2. The third-order valence-electron chi connectivity index (χ3n) is 6.31. The van der Waals surface area contributed by atoms with Crippen molar-refractivity contribution in [2.75, 3.05) is 13.1 Å². The SMILES string of the molecule is O=C1NC(=O)C2(CCN(C(=O)C[C@H]3C[C@@H]4CC[C@@H]3C4)CC2)N1. The van der Waals surface area contributed by atoms with Crippen molar-refractivity contribution >= 4 is 17.8 Å². The van der Waals surface area contributed by atoms with Crippen LogP contribution in [0.3, 0.4) is 0 Å². The van der Waals surface area contributed by atoms with Crippen LogP contribution in [-0.4, -0.2) is 41.4 Å². The minimum atomic E-state index is -0.777. The number of carbonyl (C=O) groups excluding carboxylic acids is 3. The molecule has 2 saturated heterocycles. The summed E-state index contributed by atoms with van der Waals surface area (Å²) in [4.78, 5) is 37.6. The van der Waals surface area contributed by atoms with Crippen LogP contribution in [-0.2, 0) is 9.59 Å². The Morgan fingerprint density at radius 1 is 1.18 bits per heavy atom. The molecule has 2 aliphatic carbocycles. The lowest BCUT2D eigenvalue weighted by molar-refractivity contribution is -0.136. The lowest BCUT2D eigenvalue weighted by Gasteiger charge is -2.37. The molecule has 0 aromatic carbocycles. The molecule has 4 amide bonds. The maximum Gasteiger partial charge on any atom is 0.322 e. The Labute approximate surface area is 130 Å². The molecule has 4 fully saturated rings. The van der Waals surface area contributed by atoms with Crippen LogP contribution in [0, 0.1) is 17.8 Å². The van der Waals surface area contributed by atoms with Crippen molar-refractivity contribution in [3.8, 4) is 0 Å². The zero-order valence-corrected chi connectivity index (χ0v) is 12.8. The average Bonchev–Trinajstić information content (AvgIpc) is 3.16. The molecule has 0 radical (unpaired) electrons. The van der Waals surface area contributed by atoms with E-state index in [-0.39, 0.29) is 11.8 Å².